The first-order valence-corrected chi connectivity index (χ1v) is 11.2. The molecule has 0 spiro atoms. The van der Waals surface area contributed by atoms with Crippen molar-refractivity contribution in [3.05, 3.63) is 46.5 Å². The molecule has 2 N–H and O–H groups in total. The van der Waals surface area contributed by atoms with Crippen LogP contribution in [0.2, 0.25) is 5.02 Å². The molecule has 0 bridgehead atoms. The number of rotatable bonds is 8. The standard InChI is InChI=1S/C22H34ClN7O/c1-16-27-28-20(30(16)3)15-26-22(24-10-12-31-4)25-14-18-8-6-11-29(2)21(18)17-7-5-9-19(23)13-17/h5,7,9,13,18,21H,6,8,10-12,14-15H2,1-4H3,(H2,24,25,26). The van der Waals surface area contributed by atoms with E-state index in [1.165, 1.54) is 12.0 Å². The number of guanidine groups is 1. The van der Waals surface area contributed by atoms with Crippen LogP contribution in [-0.4, -0.2) is 66.0 Å². The average Bonchev–Trinajstić information content (AvgIpc) is 3.07. The number of halogens is 1. The van der Waals surface area contributed by atoms with Crippen molar-refractivity contribution in [1.29, 1.82) is 0 Å². The quantitative estimate of drug-likeness (QED) is 0.368. The molecule has 9 heteroatoms. The Morgan fingerprint density at radius 3 is 2.84 bits per heavy atom. The Hall–Kier alpha value is -2.16. The lowest BCUT2D eigenvalue weighted by Gasteiger charge is -2.40. The van der Waals surface area contributed by atoms with Gasteiger partial charge in [-0.3, -0.25) is 4.90 Å². The van der Waals surface area contributed by atoms with Crippen LogP contribution in [0, 0.1) is 12.8 Å². The third-order valence-corrected chi connectivity index (χ3v) is 6.12. The first-order chi connectivity index (χ1) is 15.0. The zero-order valence-electron chi connectivity index (χ0n) is 18.9. The fourth-order valence-corrected chi connectivity index (χ4v) is 4.30. The van der Waals surface area contributed by atoms with Crippen LogP contribution in [0.3, 0.4) is 0 Å². The summed E-state index contributed by atoms with van der Waals surface area (Å²) in [5.74, 6) is 2.92. The van der Waals surface area contributed by atoms with Crippen LogP contribution >= 0.6 is 11.6 Å². The minimum atomic E-state index is 0.321. The number of methoxy groups -OCH3 is 1. The van der Waals surface area contributed by atoms with Crippen LogP contribution in [0.5, 0.6) is 0 Å². The number of aryl methyl sites for hydroxylation is 1. The predicted molar refractivity (Wildman–Crippen MR) is 124 cm³/mol. The predicted octanol–water partition coefficient (Wildman–Crippen LogP) is 2.54. The number of nitrogens with zero attached hydrogens (tertiary/aromatic N) is 5. The number of ether oxygens (including phenoxy) is 1. The van der Waals surface area contributed by atoms with E-state index in [0.717, 1.165) is 42.1 Å². The molecule has 0 aliphatic carbocycles. The number of nitrogens with one attached hydrogen (secondary N) is 2. The van der Waals surface area contributed by atoms with Gasteiger partial charge in [-0.05, 0) is 57.0 Å². The second kappa shape index (κ2) is 11.5. The van der Waals surface area contributed by atoms with Crippen LogP contribution in [0.25, 0.3) is 0 Å². The summed E-state index contributed by atoms with van der Waals surface area (Å²) in [4.78, 5) is 7.17. The van der Waals surface area contributed by atoms with E-state index in [0.29, 0.717) is 31.7 Å². The lowest BCUT2D eigenvalue weighted by molar-refractivity contribution is 0.122. The van der Waals surface area contributed by atoms with Crippen molar-refractivity contribution in [1.82, 2.24) is 30.3 Å². The van der Waals surface area contributed by atoms with E-state index >= 15 is 0 Å². The zero-order chi connectivity index (χ0) is 22.2. The number of likely N-dealkylation sites (tertiary alicyclic amines) is 1. The molecule has 8 nitrogen and oxygen atoms in total. The topological polar surface area (TPSA) is 79.6 Å². The third kappa shape index (κ3) is 6.41. The van der Waals surface area contributed by atoms with Crippen LogP contribution in [0.4, 0.5) is 0 Å². The first kappa shape index (κ1) is 23.5. The molecule has 3 rings (SSSR count). The maximum Gasteiger partial charge on any atom is 0.191 e. The van der Waals surface area contributed by atoms with E-state index in [1.54, 1.807) is 7.11 Å². The molecule has 2 atom stereocenters. The molecule has 1 aromatic carbocycles. The summed E-state index contributed by atoms with van der Waals surface area (Å²) in [6.07, 6.45) is 2.34. The number of hydrogen-bond acceptors (Lipinski definition) is 5. The Kier molecular flexibility index (Phi) is 8.69. The molecule has 2 heterocycles. The Balaban J connectivity index is 1.70. The Labute approximate surface area is 190 Å². The molecule has 1 aliphatic heterocycles. The fourth-order valence-electron chi connectivity index (χ4n) is 4.10. The molecule has 31 heavy (non-hydrogen) atoms. The minimum absolute atomic E-state index is 0.321. The van der Waals surface area contributed by atoms with Gasteiger partial charge in [-0.2, -0.15) is 0 Å². The number of aromatic nitrogens is 3. The molecule has 2 unspecified atom stereocenters. The van der Waals surface area contributed by atoms with Gasteiger partial charge >= 0.3 is 0 Å². The molecule has 2 aromatic rings. The average molecular weight is 448 g/mol. The number of hydrogen-bond donors (Lipinski definition) is 2. The van der Waals surface area contributed by atoms with Gasteiger partial charge in [-0.25, -0.2) is 4.99 Å². The van der Waals surface area contributed by atoms with Gasteiger partial charge in [0, 0.05) is 38.3 Å². The van der Waals surface area contributed by atoms with Gasteiger partial charge in [-0.15, -0.1) is 10.2 Å². The third-order valence-electron chi connectivity index (χ3n) is 5.89. The number of piperidine rings is 1. The normalized spacial score (nSPS) is 20.1. The highest BCUT2D eigenvalue weighted by molar-refractivity contribution is 6.30. The molecular weight excluding hydrogens is 414 g/mol. The van der Waals surface area contributed by atoms with Crippen LogP contribution in [-0.2, 0) is 18.3 Å². The summed E-state index contributed by atoms with van der Waals surface area (Å²) in [5.41, 5.74) is 1.27. The van der Waals surface area contributed by atoms with Crippen LogP contribution < -0.4 is 10.6 Å². The van der Waals surface area contributed by atoms with E-state index in [-0.39, 0.29) is 0 Å². The summed E-state index contributed by atoms with van der Waals surface area (Å²) < 4.78 is 7.14. The molecule has 1 saturated heterocycles. The highest BCUT2D eigenvalue weighted by Crippen LogP contribution is 2.35. The SMILES string of the molecule is COCCNC(=NCc1nnc(C)n1C)NCC1CCCN(C)C1c1cccc(Cl)c1. The van der Waals surface area contributed by atoms with Gasteiger partial charge in [0.1, 0.15) is 12.4 Å². The smallest absolute Gasteiger partial charge is 0.191 e. The zero-order valence-corrected chi connectivity index (χ0v) is 19.7. The van der Waals surface area contributed by atoms with Crippen molar-refractivity contribution in [3.8, 4) is 0 Å². The minimum Gasteiger partial charge on any atom is -0.383 e. The molecule has 170 valence electrons. The maximum atomic E-state index is 6.28. The van der Waals surface area contributed by atoms with Crippen LogP contribution in [0.15, 0.2) is 29.3 Å². The lowest BCUT2D eigenvalue weighted by atomic mass is 9.85. The summed E-state index contributed by atoms with van der Waals surface area (Å²) in [6.45, 7) is 5.60. The Morgan fingerprint density at radius 1 is 1.29 bits per heavy atom. The van der Waals surface area contributed by atoms with E-state index in [1.807, 2.05) is 30.7 Å². The molecule has 0 radical (unpaired) electrons. The highest BCUT2D eigenvalue weighted by Gasteiger charge is 2.30. The van der Waals surface area contributed by atoms with Crippen molar-refractivity contribution < 1.29 is 4.74 Å². The number of aliphatic imine (C=N–C) groups is 1. The summed E-state index contributed by atoms with van der Waals surface area (Å²) in [5, 5.41) is 16.0. The monoisotopic (exact) mass is 447 g/mol. The number of benzene rings is 1. The molecule has 1 aliphatic rings. The van der Waals surface area contributed by atoms with Gasteiger partial charge in [-0.1, -0.05) is 23.7 Å². The van der Waals surface area contributed by atoms with Gasteiger partial charge in [0.2, 0.25) is 0 Å². The lowest BCUT2D eigenvalue weighted by Crippen LogP contribution is -2.45. The van der Waals surface area contributed by atoms with E-state index in [4.69, 9.17) is 21.3 Å². The van der Waals surface area contributed by atoms with Gasteiger partial charge in [0.25, 0.3) is 0 Å². The van der Waals surface area contributed by atoms with Crippen molar-refractivity contribution in [2.75, 3.05) is 40.4 Å². The van der Waals surface area contributed by atoms with Gasteiger partial charge < -0.3 is 19.9 Å². The molecule has 0 saturated carbocycles. The van der Waals surface area contributed by atoms with Crippen molar-refractivity contribution in [2.24, 2.45) is 18.0 Å². The second-order valence-corrected chi connectivity index (χ2v) is 8.51. The summed E-state index contributed by atoms with van der Waals surface area (Å²) >= 11 is 6.28. The van der Waals surface area contributed by atoms with E-state index in [9.17, 15) is 0 Å². The second-order valence-electron chi connectivity index (χ2n) is 8.07. The van der Waals surface area contributed by atoms with E-state index < -0.39 is 0 Å². The first-order valence-electron chi connectivity index (χ1n) is 10.8. The Morgan fingerprint density at radius 2 is 2.13 bits per heavy atom. The fraction of sp³-hybridized carbons (Fsp3) is 0.591. The summed E-state index contributed by atoms with van der Waals surface area (Å²) in [7, 11) is 5.85. The van der Waals surface area contributed by atoms with Gasteiger partial charge in [0.15, 0.2) is 11.8 Å². The molecule has 1 aromatic heterocycles. The van der Waals surface area contributed by atoms with Gasteiger partial charge in [0.05, 0.1) is 6.61 Å². The van der Waals surface area contributed by atoms with Crippen molar-refractivity contribution in [3.63, 3.8) is 0 Å². The van der Waals surface area contributed by atoms with Crippen molar-refractivity contribution in [2.45, 2.75) is 32.4 Å². The van der Waals surface area contributed by atoms with Crippen molar-refractivity contribution >= 4 is 17.6 Å². The Bertz CT molecular complexity index is 869. The molecule has 0 amide bonds. The molecule has 1 fully saturated rings. The largest absolute Gasteiger partial charge is 0.383 e. The molecular formula is C22H34ClN7O. The summed E-state index contributed by atoms with van der Waals surface area (Å²) in [6, 6.07) is 8.55. The maximum absolute atomic E-state index is 6.28. The van der Waals surface area contributed by atoms with E-state index in [2.05, 4.69) is 44.9 Å². The highest BCUT2D eigenvalue weighted by atomic mass is 35.5. The van der Waals surface area contributed by atoms with Crippen LogP contribution in [0.1, 0.15) is 36.1 Å².